The lowest BCUT2D eigenvalue weighted by atomic mass is 10.2. The van der Waals surface area contributed by atoms with Gasteiger partial charge < -0.3 is 19.3 Å². The first-order chi connectivity index (χ1) is 10.7. The second-order valence-electron chi connectivity index (χ2n) is 4.80. The number of nitrogens with one attached hydrogen (secondary N) is 1. The standard InChI is InChI=1S/C12H15N2O8P/c1-2-7-20-12(8-21-23(17,18)19)5-3-10(22-12)14-6-4-9(15)13-11(14)16/h1,4,6,10H,3,5,7-8H2,(H,13,15,16)(H2,17,18,19). The van der Waals surface area contributed by atoms with Crippen molar-refractivity contribution < 1.29 is 28.3 Å². The highest BCUT2D eigenvalue weighted by Crippen LogP contribution is 2.42. The molecular weight excluding hydrogens is 331 g/mol. The molecule has 1 aliphatic rings. The van der Waals surface area contributed by atoms with Crippen molar-refractivity contribution in [3.05, 3.63) is 33.1 Å². The minimum absolute atomic E-state index is 0.169. The molecule has 1 aromatic heterocycles. The Labute approximate surface area is 130 Å². The molecule has 3 N–H and O–H groups in total. The summed E-state index contributed by atoms with van der Waals surface area (Å²) in [7, 11) is -4.73. The van der Waals surface area contributed by atoms with Crippen LogP contribution in [0.25, 0.3) is 0 Å². The van der Waals surface area contributed by atoms with Crippen LogP contribution in [0.5, 0.6) is 0 Å². The van der Waals surface area contributed by atoms with Crippen LogP contribution < -0.4 is 11.2 Å². The maximum atomic E-state index is 11.8. The van der Waals surface area contributed by atoms with Gasteiger partial charge in [0.05, 0.1) is 0 Å². The zero-order valence-corrected chi connectivity index (χ0v) is 12.8. The average Bonchev–Trinajstić information content (AvgIpc) is 2.87. The summed E-state index contributed by atoms with van der Waals surface area (Å²) in [5.41, 5.74) is -1.23. The second-order valence-corrected chi connectivity index (χ2v) is 6.04. The third kappa shape index (κ3) is 4.62. The van der Waals surface area contributed by atoms with E-state index in [0.29, 0.717) is 6.42 Å². The SMILES string of the molecule is C#CCOC1(COP(=O)(O)O)CCC(n2ccc(=O)[nH]c2=O)O1. The highest BCUT2D eigenvalue weighted by Gasteiger charge is 2.44. The number of terminal acetylenes is 1. The Bertz CT molecular complexity index is 759. The van der Waals surface area contributed by atoms with Gasteiger partial charge in [-0.15, -0.1) is 6.42 Å². The van der Waals surface area contributed by atoms with E-state index in [2.05, 4.69) is 15.4 Å². The van der Waals surface area contributed by atoms with Crippen molar-refractivity contribution in [2.45, 2.75) is 24.9 Å². The monoisotopic (exact) mass is 346 g/mol. The second kappa shape index (κ2) is 6.80. The summed E-state index contributed by atoms with van der Waals surface area (Å²) in [5.74, 6) is 0.730. The van der Waals surface area contributed by atoms with E-state index in [1.54, 1.807) is 0 Å². The summed E-state index contributed by atoms with van der Waals surface area (Å²) in [6.07, 6.45) is 6.06. The third-order valence-electron chi connectivity index (χ3n) is 3.16. The Morgan fingerprint density at radius 3 is 2.91 bits per heavy atom. The summed E-state index contributed by atoms with van der Waals surface area (Å²) in [6.45, 7) is -0.731. The molecule has 1 aromatic rings. The molecule has 0 bridgehead atoms. The van der Waals surface area contributed by atoms with E-state index in [1.807, 2.05) is 0 Å². The number of phosphoric acid groups is 1. The molecule has 2 rings (SSSR count). The minimum atomic E-state index is -4.73. The molecule has 1 saturated heterocycles. The van der Waals surface area contributed by atoms with Gasteiger partial charge in [0, 0.05) is 18.7 Å². The molecule has 0 aromatic carbocycles. The summed E-state index contributed by atoms with van der Waals surface area (Å²) in [4.78, 5) is 42.6. The summed E-state index contributed by atoms with van der Waals surface area (Å²) in [5, 5.41) is 0. The number of H-pyrrole nitrogens is 1. The summed E-state index contributed by atoms with van der Waals surface area (Å²) < 4.78 is 27.4. The first-order valence-electron chi connectivity index (χ1n) is 6.51. The molecule has 2 heterocycles. The number of ether oxygens (including phenoxy) is 2. The number of rotatable bonds is 6. The number of phosphoric ester groups is 1. The molecule has 0 saturated carbocycles. The van der Waals surface area contributed by atoms with Gasteiger partial charge in [-0.25, -0.2) is 9.36 Å². The van der Waals surface area contributed by atoms with Crippen LogP contribution in [0.1, 0.15) is 19.1 Å². The predicted molar refractivity (Wildman–Crippen MR) is 76.2 cm³/mol. The fourth-order valence-corrected chi connectivity index (χ4v) is 2.53. The van der Waals surface area contributed by atoms with Gasteiger partial charge in [-0.05, 0) is 6.42 Å². The number of aromatic amines is 1. The van der Waals surface area contributed by atoms with Crippen molar-refractivity contribution in [2.75, 3.05) is 13.2 Å². The predicted octanol–water partition coefficient (Wildman–Crippen LogP) is -0.699. The molecule has 0 spiro atoms. The Hall–Kier alpha value is -1.73. The molecule has 1 fully saturated rings. The molecule has 11 heteroatoms. The molecule has 126 valence electrons. The molecule has 23 heavy (non-hydrogen) atoms. The first kappa shape index (κ1) is 17.6. The van der Waals surface area contributed by atoms with Crippen molar-refractivity contribution in [1.82, 2.24) is 9.55 Å². The van der Waals surface area contributed by atoms with Crippen LogP contribution in [0.4, 0.5) is 0 Å². The molecule has 0 aliphatic carbocycles. The van der Waals surface area contributed by atoms with Gasteiger partial charge in [0.15, 0.2) is 5.79 Å². The van der Waals surface area contributed by atoms with Crippen LogP contribution >= 0.6 is 7.82 Å². The Kier molecular flexibility index (Phi) is 5.21. The summed E-state index contributed by atoms with van der Waals surface area (Å²) >= 11 is 0. The normalized spacial score (nSPS) is 24.5. The van der Waals surface area contributed by atoms with E-state index in [1.165, 1.54) is 6.20 Å². The van der Waals surface area contributed by atoms with Crippen molar-refractivity contribution >= 4 is 7.82 Å². The molecule has 2 unspecified atom stereocenters. The van der Waals surface area contributed by atoms with Crippen LogP contribution in [0.2, 0.25) is 0 Å². The van der Waals surface area contributed by atoms with Crippen molar-refractivity contribution in [2.24, 2.45) is 0 Å². The maximum absolute atomic E-state index is 11.8. The van der Waals surface area contributed by atoms with Crippen LogP contribution in [0.3, 0.4) is 0 Å². The van der Waals surface area contributed by atoms with Crippen molar-refractivity contribution in [1.29, 1.82) is 0 Å². The van der Waals surface area contributed by atoms with Gasteiger partial charge >= 0.3 is 13.5 Å². The highest BCUT2D eigenvalue weighted by atomic mass is 31.2. The van der Waals surface area contributed by atoms with E-state index in [0.717, 1.165) is 10.6 Å². The number of aromatic nitrogens is 2. The Morgan fingerprint density at radius 1 is 1.57 bits per heavy atom. The van der Waals surface area contributed by atoms with E-state index in [4.69, 9.17) is 25.7 Å². The maximum Gasteiger partial charge on any atom is 0.469 e. The van der Waals surface area contributed by atoms with Gasteiger partial charge in [0.25, 0.3) is 5.56 Å². The summed E-state index contributed by atoms with van der Waals surface area (Å²) in [6, 6.07) is 1.15. The van der Waals surface area contributed by atoms with Crippen molar-refractivity contribution in [3.8, 4) is 12.3 Å². The molecule has 0 radical (unpaired) electrons. The van der Waals surface area contributed by atoms with Crippen LogP contribution in [-0.2, 0) is 18.6 Å². The Balaban J connectivity index is 2.19. The number of nitrogens with zero attached hydrogens (tertiary/aromatic N) is 1. The van der Waals surface area contributed by atoms with Gasteiger partial charge in [-0.2, -0.15) is 0 Å². The molecule has 0 amide bonds. The molecule has 1 aliphatic heterocycles. The zero-order chi connectivity index (χ0) is 17.1. The first-order valence-corrected chi connectivity index (χ1v) is 8.04. The van der Waals surface area contributed by atoms with Crippen LogP contribution in [0.15, 0.2) is 21.9 Å². The quantitative estimate of drug-likeness (QED) is 0.454. The minimum Gasteiger partial charge on any atom is -0.335 e. The zero-order valence-electron chi connectivity index (χ0n) is 11.9. The number of hydrogen-bond acceptors (Lipinski definition) is 6. The fourth-order valence-electron chi connectivity index (χ4n) is 2.17. The molecular formula is C12H15N2O8P. The van der Waals surface area contributed by atoms with Crippen molar-refractivity contribution in [3.63, 3.8) is 0 Å². The highest BCUT2D eigenvalue weighted by molar-refractivity contribution is 7.46. The lowest BCUT2D eigenvalue weighted by Crippen LogP contribution is -2.39. The molecule has 2 atom stereocenters. The van der Waals surface area contributed by atoms with Crippen LogP contribution in [-0.4, -0.2) is 38.3 Å². The largest absolute Gasteiger partial charge is 0.469 e. The van der Waals surface area contributed by atoms with E-state index >= 15 is 0 Å². The lowest BCUT2D eigenvalue weighted by molar-refractivity contribution is -0.247. The van der Waals surface area contributed by atoms with Gasteiger partial charge in [0.1, 0.15) is 19.4 Å². The number of hydrogen-bond donors (Lipinski definition) is 3. The van der Waals surface area contributed by atoms with Gasteiger partial charge in [-0.3, -0.25) is 18.9 Å². The van der Waals surface area contributed by atoms with E-state index < -0.39 is 37.7 Å². The topological polar surface area (TPSA) is 140 Å². The average molecular weight is 346 g/mol. The smallest absolute Gasteiger partial charge is 0.335 e. The van der Waals surface area contributed by atoms with E-state index in [9.17, 15) is 14.2 Å². The Morgan fingerprint density at radius 2 is 2.30 bits per heavy atom. The fraction of sp³-hybridized carbons (Fsp3) is 0.500. The van der Waals surface area contributed by atoms with Gasteiger partial charge in [-0.1, -0.05) is 5.92 Å². The van der Waals surface area contributed by atoms with Crippen LogP contribution in [0, 0.1) is 12.3 Å². The molecule has 10 nitrogen and oxygen atoms in total. The van der Waals surface area contributed by atoms with Gasteiger partial charge in [0.2, 0.25) is 0 Å². The van der Waals surface area contributed by atoms with E-state index in [-0.39, 0.29) is 13.0 Å². The third-order valence-corrected chi connectivity index (χ3v) is 3.62. The lowest BCUT2D eigenvalue weighted by Gasteiger charge is -2.28.